The first kappa shape index (κ1) is 15.7. The molecule has 0 heterocycles. The second-order valence-corrected chi connectivity index (χ2v) is 5.51. The van der Waals surface area contributed by atoms with Gasteiger partial charge in [0.25, 0.3) is 0 Å². The summed E-state index contributed by atoms with van der Waals surface area (Å²) in [6.07, 6.45) is -0.163. The largest absolute Gasteiger partial charge is 0.352 e. The van der Waals surface area contributed by atoms with E-state index in [2.05, 4.69) is 10.6 Å². The Kier molecular flexibility index (Phi) is 5.27. The molecule has 0 bridgehead atoms. The van der Waals surface area contributed by atoms with E-state index in [9.17, 15) is 9.59 Å². The molecule has 0 saturated carbocycles. The fourth-order valence-corrected chi connectivity index (χ4v) is 1.43. The third kappa shape index (κ3) is 5.11. The number of nitriles is 1. The molecule has 1 rings (SSSR count). The molecule has 5 nitrogen and oxygen atoms in total. The molecule has 20 heavy (non-hydrogen) atoms. The van der Waals surface area contributed by atoms with Crippen LogP contribution in [0.3, 0.4) is 0 Å². The van der Waals surface area contributed by atoms with Crippen molar-refractivity contribution in [2.24, 2.45) is 5.41 Å². The lowest BCUT2D eigenvalue weighted by Crippen LogP contribution is -2.34. The van der Waals surface area contributed by atoms with Crippen LogP contribution < -0.4 is 10.6 Å². The van der Waals surface area contributed by atoms with E-state index < -0.39 is 5.41 Å². The molecule has 1 aromatic carbocycles. The number of rotatable bonds is 4. The minimum atomic E-state index is -0.411. The molecule has 0 aliphatic carbocycles. The van der Waals surface area contributed by atoms with Crippen molar-refractivity contribution < 1.29 is 9.59 Å². The Bertz CT molecular complexity index is 522. The van der Waals surface area contributed by atoms with Crippen LogP contribution in [-0.4, -0.2) is 11.8 Å². The number of nitrogens with zero attached hydrogens (tertiary/aromatic N) is 1. The number of benzene rings is 1. The lowest BCUT2D eigenvalue weighted by Gasteiger charge is -2.17. The van der Waals surface area contributed by atoms with Gasteiger partial charge in [0.1, 0.15) is 6.42 Å². The Balaban J connectivity index is 2.53. The van der Waals surface area contributed by atoms with E-state index in [4.69, 9.17) is 5.26 Å². The molecular weight excluding hydrogens is 254 g/mol. The zero-order valence-corrected chi connectivity index (χ0v) is 12.0. The van der Waals surface area contributed by atoms with Gasteiger partial charge in [-0.2, -0.15) is 5.26 Å². The average molecular weight is 273 g/mol. The molecule has 0 spiro atoms. The monoisotopic (exact) mass is 273 g/mol. The van der Waals surface area contributed by atoms with Gasteiger partial charge in [-0.25, -0.2) is 0 Å². The summed E-state index contributed by atoms with van der Waals surface area (Å²) in [5.41, 5.74) is 1.17. The molecule has 106 valence electrons. The first-order valence-electron chi connectivity index (χ1n) is 6.37. The van der Waals surface area contributed by atoms with Gasteiger partial charge in [0, 0.05) is 17.6 Å². The van der Waals surface area contributed by atoms with Gasteiger partial charge in [-0.3, -0.25) is 9.59 Å². The Morgan fingerprint density at radius 3 is 2.30 bits per heavy atom. The highest BCUT2D eigenvalue weighted by Gasteiger charge is 2.20. The van der Waals surface area contributed by atoms with Gasteiger partial charge >= 0.3 is 0 Å². The summed E-state index contributed by atoms with van der Waals surface area (Å²) in [6.45, 7) is 6.02. The van der Waals surface area contributed by atoms with Crippen molar-refractivity contribution in [1.29, 1.82) is 5.26 Å². The summed E-state index contributed by atoms with van der Waals surface area (Å²) in [5, 5.41) is 13.9. The summed E-state index contributed by atoms with van der Waals surface area (Å²) < 4.78 is 0. The minimum Gasteiger partial charge on any atom is -0.352 e. The molecule has 0 atom stereocenters. The van der Waals surface area contributed by atoms with Crippen LogP contribution in [0.2, 0.25) is 0 Å². The summed E-state index contributed by atoms with van der Waals surface area (Å²) in [5.74, 6) is -0.342. The van der Waals surface area contributed by atoms with Gasteiger partial charge in [-0.05, 0) is 17.7 Å². The molecule has 0 saturated heterocycles. The molecule has 2 N–H and O–H groups in total. The predicted molar refractivity (Wildman–Crippen MR) is 76.6 cm³/mol. The molecule has 1 aromatic rings. The van der Waals surface area contributed by atoms with Gasteiger partial charge in [-0.15, -0.1) is 0 Å². The van der Waals surface area contributed by atoms with E-state index in [1.165, 1.54) is 0 Å². The Morgan fingerprint density at radius 1 is 1.20 bits per heavy atom. The zero-order valence-electron chi connectivity index (χ0n) is 12.0. The smallest absolute Gasteiger partial charge is 0.238 e. The van der Waals surface area contributed by atoms with E-state index in [1.807, 2.05) is 32.9 Å². The van der Waals surface area contributed by atoms with Gasteiger partial charge in [-0.1, -0.05) is 32.9 Å². The molecule has 0 aliphatic rings. The Labute approximate surface area is 119 Å². The normalized spacial score (nSPS) is 10.5. The topological polar surface area (TPSA) is 82.0 Å². The number of hydrogen-bond acceptors (Lipinski definition) is 3. The third-order valence-corrected chi connectivity index (χ3v) is 2.61. The number of hydrogen-bond donors (Lipinski definition) is 2. The van der Waals surface area contributed by atoms with Crippen molar-refractivity contribution in [3.8, 4) is 6.07 Å². The van der Waals surface area contributed by atoms with E-state index in [-0.39, 0.29) is 18.2 Å². The molecule has 0 unspecified atom stereocenters. The van der Waals surface area contributed by atoms with Crippen LogP contribution in [0.5, 0.6) is 0 Å². The van der Waals surface area contributed by atoms with Gasteiger partial charge in [0.05, 0.1) is 6.07 Å². The van der Waals surface area contributed by atoms with Crippen LogP contribution in [-0.2, 0) is 16.1 Å². The van der Waals surface area contributed by atoms with Gasteiger partial charge in [0.2, 0.25) is 11.8 Å². The maximum absolute atomic E-state index is 11.7. The van der Waals surface area contributed by atoms with Crippen molar-refractivity contribution in [3.63, 3.8) is 0 Å². The lowest BCUT2D eigenvalue weighted by molar-refractivity contribution is -0.128. The van der Waals surface area contributed by atoms with Crippen LogP contribution in [0.4, 0.5) is 5.69 Å². The predicted octanol–water partition coefficient (Wildman–Crippen LogP) is 2.20. The summed E-state index contributed by atoms with van der Waals surface area (Å²) in [7, 11) is 0. The highest BCUT2D eigenvalue weighted by molar-refractivity contribution is 5.92. The number of anilines is 1. The maximum Gasteiger partial charge on any atom is 0.238 e. The average Bonchev–Trinajstić information content (AvgIpc) is 2.36. The van der Waals surface area contributed by atoms with Crippen molar-refractivity contribution >= 4 is 17.5 Å². The van der Waals surface area contributed by atoms with Crippen molar-refractivity contribution in [1.82, 2.24) is 5.32 Å². The van der Waals surface area contributed by atoms with Crippen molar-refractivity contribution in [3.05, 3.63) is 29.8 Å². The SMILES string of the molecule is CC(C)(C)C(=O)NCc1ccc(NC(=O)CC#N)cc1. The molecule has 0 aromatic heterocycles. The molecule has 2 amide bonds. The quantitative estimate of drug-likeness (QED) is 0.882. The second kappa shape index (κ2) is 6.71. The molecule has 5 heteroatoms. The highest BCUT2D eigenvalue weighted by Crippen LogP contribution is 2.14. The molecule has 0 fully saturated rings. The fraction of sp³-hybridized carbons (Fsp3) is 0.400. The molecule has 0 radical (unpaired) electrons. The lowest BCUT2D eigenvalue weighted by atomic mass is 9.95. The van der Waals surface area contributed by atoms with E-state index in [0.717, 1.165) is 5.56 Å². The fourth-order valence-electron chi connectivity index (χ4n) is 1.43. The number of carbonyl (C=O) groups excluding carboxylic acids is 2. The molecule has 0 aliphatic heterocycles. The second-order valence-electron chi connectivity index (χ2n) is 5.51. The Morgan fingerprint density at radius 2 is 1.80 bits per heavy atom. The van der Waals surface area contributed by atoms with Crippen molar-refractivity contribution in [2.45, 2.75) is 33.7 Å². The van der Waals surface area contributed by atoms with Crippen LogP contribution >= 0.6 is 0 Å². The van der Waals surface area contributed by atoms with Crippen LogP contribution in [0.25, 0.3) is 0 Å². The first-order valence-corrected chi connectivity index (χ1v) is 6.37. The third-order valence-electron chi connectivity index (χ3n) is 2.61. The minimum absolute atomic E-state index is 0.0103. The van der Waals surface area contributed by atoms with E-state index in [1.54, 1.807) is 18.2 Å². The highest BCUT2D eigenvalue weighted by atomic mass is 16.2. The summed E-state index contributed by atoms with van der Waals surface area (Å²) in [6, 6.07) is 8.92. The van der Waals surface area contributed by atoms with Crippen LogP contribution in [0.15, 0.2) is 24.3 Å². The Hall–Kier alpha value is -2.35. The van der Waals surface area contributed by atoms with Crippen LogP contribution in [0.1, 0.15) is 32.8 Å². The number of amides is 2. The summed E-state index contributed by atoms with van der Waals surface area (Å²) in [4.78, 5) is 23.0. The molecular formula is C15H19N3O2. The number of carbonyl (C=O) groups is 2. The van der Waals surface area contributed by atoms with Gasteiger partial charge in [0.15, 0.2) is 0 Å². The standard InChI is InChI=1S/C15H19N3O2/c1-15(2,3)14(20)17-10-11-4-6-12(7-5-11)18-13(19)8-9-16/h4-7H,8,10H2,1-3H3,(H,17,20)(H,18,19). The van der Waals surface area contributed by atoms with E-state index >= 15 is 0 Å². The summed E-state index contributed by atoms with van der Waals surface area (Å²) >= 11 is 0. The van der Waals surface area contributed by atoms with E-state index in [0.29, 0.717) is 12.2 Å². The number of nitrogens with one attached hydrogen (secondary N) is 2. The van der Waals surface area contributed by atoms with Gasteiger partial charge < -0.3 is 10.6 Å². The zero-order chi connectivity index (χ0) is 15.2. The maximum atomic E-state index is 11.7. The first-order chi connectivity index (χ1) is 9.32. The van der Waals surface area contributed by atoms with Crippen LogP contribution in [0, 0.1) is 16.7 Å². The van der Waals surface area contributed by atoms with Crippen molar-refractivity contribution in [2.75, 3.05) is 5.32 Å².